The molecule has 1 N–H and O–H groups in total. The number of carbonyl (C=O) groups excluding carboxylic acids is 2. The average molecular weight is 689 g/mol. The lowest BCUT2D eigenvalue weighted by molar-refractivity contribution is -0.887. The number of unbranched alkanes of at least 4 members (excludes halogenated alkanes) is 9. The van der Waals surface area contributed by atoms with Crippen molar-refractivity contribution >= 4 is 17.9 Å². The summed E-state index contributed by atoms with van der Waals surface area (Å²) in [6.45, 7) is 4.47. The van der Waals surface area contributed by atoms with Crippen LogP contribution in [0.5, 0.6) is 0 Å². The lowest BCUT2D eigenvalue weighted by atomic mass is 10.1. The highest BCUT2D eigenvalue weighted by Crippen LogP contribution is 2.12. The Morgan fingerprint density at radius 3 is 1.61 bits per heavy atom. The van der Waals surface area contributed by atoms with Crippen LogP contribution in [0.25, 0.3) is 0 Å². The van der Waals surface area contributed by atoms with Crippen molar-refractivity contribution in [3.63, 3.8) is 0 Å². The second kappa shape index (κ2) is 32.2. The molecule has 0 amide bonds. The minimum atomic E-state index is -0.892. The number of nitrogens with zero attached hydrogens (tertiary/aromatic N) is 1. The fourth-order valence-corrected chi connectivity index (χ4v) is 5.05. The van der Waals surface area contributed by atoms with E-state index in [-0.39, 0.29) is 36.7 Å². The van der Waals surface area contributed by atoms with Crippen molar-refractivity contribution < 1.29 is 38.2 Å². The van der Waals surface area contributed by atoms with Crippen LogP contribution in [-0.4, -0.2) is 80.6 Å². The van der Waals surface area contributed by atoms with E-state index >= 15 is 0 Å². The Kier molecular flexibility index (Phi) is 30.3. The number of likely N-dealkylation sites (N-methyl/N-ethyl adjacent to an activating group) is 1. The number of carboxylic acids is 1. The van der Waals surface area contributed by atoms with Gasteiger partial charge in [-0.15, -0.1) is 0 Å². The molecule has 0 aliphatic carbocycles. The Hall–Kier alpha value is -2.97. The molecule has 0 bridgehead atoms. The molecular formula is C41H70NO7+. The largest absolute Gasteiger partial charge is 0.477 e. The number of hydrogen-bond acceptors (Lipinski definition) is 6. The van der Waals surface area contributed by atoms with Gasteiger partial charge in [0.2, 0.25) is 0 Å². The summed E-state index contributed by atoms with van der Waals surface area (Å²) in [6.07, 6.45) is 37.2. The Morgan fingerprint density at radius 2 is 1.12 bits per heavy atom. The number of allylic oxidation sites excluding steroid dienone is 9. The van der Waals surface area contributed by atoms with Crippen LogP contribution in [0.4, 0.5) is 0 Å². The van der Waals surface area contributed by atoms with Crippen molar-refractivity contribution in [1.82, 2.24) is 0 Å². The van der Waals surface area contributed by atoms with Crippen molar-refractivity contribution in [3.8, 4) is 0 Å². The van der Waals surface area contributed by atoms with Crippen LogP contribution < -0.4 is 0 Å². The van der Waals surface area contributed by atoms with Gasteiger partial charge in [0.25, 0.3) is 0 Å². The van der Waals surface area contributed by atoms with Gasteiger partial charge in [-0.05, 0) is 38.5 Å². The van der Waals surface area contributed by atoms with Crippen molar-refractivity contribution in [3.05, 3.63) is 60.8 Å². The highest BCUT2D eigenvalue weighted by Gasteiger charge is 2.31. The molecule has 2 atom stereocenters. The Morgan fingerprint density at radius 1 is 0.633 bits per heavy atom. The van der Waals surface area contributed by atoms with Crippen molar-refractivity contribution in [2.75, 3.05) is 41.0 Å². The summed E-state index contributed by atoms with van der Waals surface area (Å²) in [5, 5.41) is 9.57. The van der Waals surface area contributed by atoms with E-state index < -0.39 is 24.1 Å². The number of rotatable bonds is 32. The van der Waals surface area contributed by atoms with Gasteiger partial charge in [-0.25, -0.2) is 4.79 Å². The second-order valence-electron chi connectivity index (χ2n) is 13.5. The third-order valence-corrected chi connectivity index (χ3v) is 7.96. The molecule has 0 spiro atoms. The molecule has 0 radical (unpaired) electrons. The summed E-state index contributed by atoms with van der Waals surface area (Å²) >= 11 is 0. The molecule has 2 unspecified atom stereocenters. The van der Waals surface area contributed by atoms with Gasteiger partial charge in [0.05, 0.1) is 40.8 Å². The summed E-state index contributed by atoms with van der Waals surface area (Å²) in [5.41, 5.74) is 0. The topological polar surface area (TPSA) is 99.1 Å². The molecule has 0 aromatic heterocycles. The van der Waals surface area contributed by atoms with E-state index in [0.717, 1.165) is 44.9 Å². The van der Waals surface area contributed by atoms with Crippen LogP contribution in [-0.2, 0) is 28.6 Å². The normalized spacial score (nSPS) is 13.7. The summed E-state index contributed by atoms with van der Waals surface area (Å²) in [4.78, 5) is 36.7. The first-order valence-electron chi connectivity index (χ1n) is 18.8. The molecule has 0 saturated heterocycles. The fraction of sp³-hybridized carbons (Fsp3) is 0.683. The maximum absolute atomic E-state index is 12.6. The zero-order valence-corrected chi connectivity index (χ0v) is 31.6. The van der Waals surface area contributed by atoms with Crippen LogP contribution in [0.1, 0.15) is 129 Å². The molecule has 8 nitrogen and oxygen atoms in total. The van der Waals surface area contributed by atoms with E-state index in [0.29, 0.717) is 19.3 Å². The van der Waals surface area contributed by atoms with Gasteiger partial charge in [0.15, 0.2) is 12.1 Å². The molecule has 0 heterocycles. The molecule has 0 aromatic carbocycles. The molecule has 0 rings (SSSR count). The van der Waals surface area contributed by atoms with Crippen LogP contribution in [0.3, 0.4) is 0 Å². The van der Waals surface area contributed by atoms with Crippen molar-refractivity contribution in [2.45, 2.75) is 142 Å². The molecule has 0 aliphatic rings. The molecule has 0 saturated carbocycles. The van der Waals surface area contributed by atoms with Gasteiger partial charge in [-0.1, -0.05) is 132 Å². The lowest BCUT2D eigenvalue weighted by Crippen LogP contribution is -2.50. The first kappa shape index (κ1) is 46.0. The van der Waals surface area contributed by atoms with Gasteiger partial charge in [0.1, 0.15) is 6.61 Å². The summed E-state index contributed by atoms with van der Waals surface area (Å²) in [5.74, 6) is -1.64. The van der Waals surface area contributed by atoms with Gasteiger partial charge in [-0.2, -0.15) is 0 Å². The number of aliphatic carboxylic acids is 1. The number of carbonyl (C=O) groups is 3. The predicted octanol–water partition coefficient (Wildman–Crippen LogP) is 9.46. The highest BCUT2D eigenvalue weighted by molar-refractivity contribution is 5.72. The van der Waals surface area contributed by atoms with E-state index in [1.165, 1.54) is 44.9 Å². The third kappa shape index (κ3) is 30.8. The SMILES string of the molecule is CC/C=C\C/C=C\C/C=C\C/C=C\C/C=C\CC(=O)OC(COCCC(C(=O)O)[N+](C)(C)C)COC(=O)CCCCCCCCCCCC. The van der Waals surface area contributed by atoms with E-state index in [2.05, 4.69) is 62.5 Å². The molecular weight excluding hydrogens is 618 g/mol. The van der Waals surface area contributed by atoms with E-state index in [1.54, 1.807) is 6.08 Å². The number of esters is 2. The zero-order valence-electron chi connectivity index (χ0n) is 31.6. The number of quaternary nitrogens is 1. The minimum absolute atomic E-state index is 0.0203. The van der Waals surface area contributed by atoms with Gasteiger partial charge in [-0.3, -0.25) is 9.59 Å². The van der Waals surface area contributed by atoms with Crippen LogP contribution >= 0.6 is 0 Å². The lowest BCUT2D eigenvalue weighted by Gasteiger charge is -2.31. The summed E-state index contributed by atoms with van der Waals surface area (Å²) in [6, 6.07) is -0.629. The summed E-state index contributed by atoms with van der Waals surface area (Å²) in [7, 11) is 5.48. The molecule has 280 valence electrons. The summed E-state index contributed by atoms with van der Waals surface area (Å²) < 4.78 is 17.0. The Bertz CT molecular complexity index is 990. The van der Waals surface area contributed by atoms with Crippen LogP contribution in [0, 0.1) is 0 Å². The first-order valence-corrected chi connectivity index (χ1v) is 18.8. The molecule has 0 fully saturated rings. The zero-order chi connectivity index (χ0) is 36.4. The fourth-order valence-electron chi connectivity index (χ4n) is 5.05. The predicted molar refractivity (Wildman–Crippen MR) is 201 cm³/mol. The number of ether oxygens (including phenoxy) is 3. The quantitative estimate of drug-likeness (QED) is 0.0325. The second-order valence-corrected chi connectivity index (χ2v) is 13.5. The van der Waals surface area contributed by atoms with E-state index in [1.807, 2.05) is 27.2 Å². The maximum Gasteiger partial charge on any atom is 0.362 e. The molecule has 0 aromatic rings. The van der Waals surface area contributed by atoms with Gasteiger partial charge in [0, 0.05) is 12.8 Å². The minimum Gasteiger partial charge on any atom is -0.477 e. The Labute approximate surface area is 298 Å². The molecule has 49 heavy (non-hydrogen) atoms. The van der Waals surface area contributed by atoms with Gasteiger partial charge >= 0.3 is 17.9 Å². The van der Waals surface area contributed by atoms with Gasteiger partial charge < -0.3 is 23.8 Å². The number of hydrogen-bond donors (Lipinski definition) is 1. The highest BCUT2D eigenvalue weighted by atomic mass is 16.6. The van der Waals surface area contributed by atoms with E-state index in [4.69, 9.17) is 14.2 Å². The van der Waals surface area contributed by atoms with Crippen LogP contribution in [0.2, 0.25) is 0 Å². The van der Waals surface area contributed by atoms with Crippen LogP contribution in [0.15, 0.2) is 60.8 Å². The monoisotopic (exact) mass is 689 g/mol. The maximum atomic E-state index is 12.6. The van der Waals surface area contributed by atoms with Crippen molar-refractivity contribution in [1.29, 1.82) is 0 Å². The van der Waals surface area contributed by atoms with E-state index in [9.17, 15) is 19.5 Å². The molecule has 8 heteroatoms. The third-order valence-electron chi connectivity index (χ3n) is 7.96. The standard InChI is InChI=1S/C41H69NO7/c1-6-8-10-12-14-16-18-19-20-21-22-24-26-28-30-32-40(44)49-37(35-47-34-33-38(41(45)46)42(3,4)5)36-48-39(43)31-29-27-25-23-17-15-13-11-9-7-2/h8,10,14,16,19-20,22,24,28,30,37-38H,6-7,9,11-13,15,17-18,21,23,25-27,29,31-36H2,1-5H3/p+1/b10-8-,16-14-,20-19-,24-22-,30-28-. The smallest absolute Gasteiger partial charge is 0.362 e. The average Bonchev–Trinajstić information content (AvgIpc) is 3.05. The first-order chi connectivity index (χ1) is 23.6. The Balaban J connectivity index is 4.60. The van der Waals surface area contributed by atoms with Crippen molar-refractivity contribution in [2.24, 2.45) is 0 Å². The molecule has 0 aliphatic heterocycles. The number of carboxylic acid groups (broad SMARTS) is 1.